The summed E-state index contributed by atoms with van der Waals surface area (Å²) >= 11 is 0. The quantitative estimate of drug-likeness (QED) is 0.873. The molecule has 1 aromatic carbocycles. The Labute approximate surface area is 107 Å². The minimum Gasteiger partial charge on any atom is -0.389 e. The van der Waals surface area contributed by atoms with E-state index in [4.69, 9.17) is 5.26 Å². The van der Waals surface area contributed by atoms with Crippen LogP contribution in [0.4, 0.5) is 10.1 Å². The van der Waals surface area contributed by atoms with Crippen molar-refractivity contribution in [3.63, 3.8) is 0 Å². The van der Waals surface area contributed by atoms with Crippen LogP contribution in [0.3, 0.4) is 0 Å². The molecule has 0 saturated carbocycles. The summed E-state index contributed by atoms with van der Waals surface area (Å²) in [6.45, 7) is 5.95. The van der Waals surface area contributed by atoms with Gasteiger partial charge in [0.15, 0.2) is 0 Å². The van der Waals surface area contributed by atoms with Crippen LogP contribution in [0.15, 0.2) is 18.2 Å². The van der Waals surface area contributed by atoms with Gasteiger partial charge in [0.25, 0.3) is 0 Å². The minimum absolute atomic E-state index is 0.0627. The molecule has 0 aliphatic rings. The lowest BCUT2D eigenvalue weighted by Crippen LogP contribution is -2.33. The summed E-state index contributed by atoms with van der Waals surface area (Å²) in [6, 6.07) is 6.81. The van der Waals surface area contributed by atoms with Crippen molar-refractivity contribution in [1.82, 2.24) is 0 Å². The molecule has 3 nitrogen and oxygen atoms in total. The summed E-state index contributed by atoms with van der Waals surface area (Å²) in [5.74, 6) is -0.361. The molecule has 1 atom stereocenters. The number of halogens is 1. The first-order chi connectivity index (χ1) is 8.49. The van der Waals surface area contributed by atoms with Crippen LogP contribution in [0, 0.1) is 17.1 Å². The second kappa shape index (κ2) is 6.36. The molecule has 1 aromatic rings. The topological polar surface area (TPSA) is 47.3 Å². The number of hydrogen-bond donors (Lipinski definition) is 1. The largest absolute Gasteiger partial charge is 0.389 e. The number of anilines is 1. The Morgan fingerprint density at radius 2 is 2.06 bits per heavy atom. The average Bonchev–Trinajstić information content (AvgIpc) is 2.30. The third kappa shape index (κ3) is 3.21. The maximum Gasteiger partial charge on any atom is 0.146 e. The van der Waals surface area contributed by atoms with Crippen molar-refractivity contribution in [2.45, 2.75) is 39.3 Å². The molecule has 0 fully saturated rings. The molecule has 0 aromatic heterocycles. The molecule has 98 valence electrons. The number of nitriles is 1. The zero-order valence-corrected chi connectivity index (χ0v) is 11.0. The van der Waals surface area contributed by atoms with E-state index in [2.05, 4.69) is 6.07 Å². The van der Waals surface area contributed by atoms with Gasteiger partial charge in [0, 0.05) is 18.2 Å². The highest BCUT2D eigenvalue weighted by Gasteiger charge is 2.20. The van der Waals surface area contributed by atoms with Crippen LogP contribution in [0.1, 0.15) is 38.9 Å². The molecule has 0 amide bonds. The first-order valence-electron chi connectivity index (χ1n) is 6.09. The van der Waals surface area contributed by atoms with Gasteiger partial charge in [0.2, 0.25) is 0 Å². The van der Waals surface area contributed by atoms with E-state index >= 15 is 0 Å². The highest BCUT2D eigenvalue weighted by atomic mass is 19.1. The van der Waals surface area contributed by atoms with Gasteiger partial charge in [-0.25, -0.2) is 4.39 Å². The molecule has 0 aliphatic heterocycles. The fourth-order valence-electron chi connectivity index (χ4n) is 1.97. The van der Waals surface area contributed by atoms with Gasteiger partial charge in [0.05, 0.1) is 24.3 Å². The zero-order valence-electron chi connectivity index (χ0n) is 11.0. The molecular formula is C14H19FN2O. The fraction of sp³-hybridized carbons (Fsp3) is 0.500. The van der Waals surface area contributed by atoms with E-state index in [0.29, 0.717) is 24.2 Å². The van der Waals surface area contributed by atoms with E-state index in [1.807, 2.05) is 18.7 Å². The normalized spacial score (nSPS) is 12.3. The van der Waals surface area contributed by atoms with Crippen LogP contribution >= 0.6 is 0 Å². The maximum absolute atomic E-state index is 14.0. The lowest BCUT2D eigenvalue weighted by atomic mass is 10.1. The predicted octanol–water partition coefficient (Wildman–Crippen LogP) is 3.01. The van der Waals surface area contributed by atoms with Gasteiger partial charge in [-0.15, -0.1) is 0 Å². The Kier molecular flexibility index (Phi) is 5.11. The molecule has 0 unspecified atom stereocenters. The Bertz CT molecular complexity index is 438. The van der Waals surface area contributed by atoms with Crippen molar-refractivity contribution >= 4 is 5.69 Å². The van der Waals surface area contributed by atoms with Crippen LogP contribution in [-0.4, -0.2) is 17.7 Å². The number of aliphatic hydroxyl groups excluding tert-OH is 1. The number of benzene rings is 1. The van der Waals surface area contributed by atoms with E-state index in [1.54, 1.807) is 19.1 Å². The third-order valence-electron chi connectivity index (χ3n) is 2.84. The lowest BCUT2D eigenvalue weighted by Gasteiger charge is -2.31. The maximum atomic E-state index is 14.0. The summed E-state index contributed by atoms with van der Waals surface area (Å²) in [6.07, 6.45) is -0.412. The molecule has 0 spiro atoms. The van der Waals surface area contributed by atoms with E-state index in [9.17, 15) is 9.50 Å². The molecule has 0 aliphatic carbocycles. The van der Waals surface area contributed by atoms with E-state index in [1.165, 1.54) is 6.07 Å². The monoisotopic (exact) mass is 250 g/mol. The molecule has 18 heavy (non-hydrogen) atoms. The van der Waals surface area contributed by atoms with Crippen molar-refractivity contribution in [1.29, 1.82) is 5.26 Å². The molecule has 1 rings (SSSR count). The van der Waals surface area contributed by atoms with Crippen molar-refractivity contribution in [2.75, 3.05) is 11.4 Å². The Balaban J connectivity index is 3.22. The molecule has 0 heterocycles. The highest BCUT2D eigenvalue weighted by molar-refractivity contribution is 5.56. The number of aliphatic hydroxyl groups is 1. The van der Waals surface area contributed by atoms with Crippen LogP contribution in [0.2, 0.25) is 0 Å². The van der Waals surface area contributed by atoms with Crippen molar-refractivity contribution in [3.05, 3.63) is 29.6 Å². The lowest BCUT2D eigenvalue weighted by molar-refractivity contribution is 0.199. The molecule has 0 saturated heterocycles. The Morgan fingerprint density at radius 3 is 2.56 bits per heavy atom. The van der Waals surface area contributed by atoms with Crippen LogP contribution in [0.5, 0.6) is 0 Å². The van der Waals surface area contributed by atoms with Gasteiger partial charge in [-0.1, -0.05) is 12.1 Å². The second-order valence-corrected chi connectivity index (χ2v) is 4.55. The highest BCUT2D eigenvalue weighted by Crippen LogP contribution is 2.30. The van der Waals surface area contributed by atoms with Crippen molar-refractivity contribution < 1.29 is 9.50 Å². The second-order valence-electron chi connectivity index (χ2n) is 4.55. The smallest absolute Gasteiger partial charge is 0.146 e. The Morgan fingerprint density at radius 1 is 1.39 bits per heavy atom. The molecule has 0 bridgehead atoms. The van der Waals surface area contributed by atoms with E-state index in [-0.39, 0.29) is 11.9 Å². The van der Waals surface area contributed by atoms with Crippen LogP contribution in [-0.2, 0) is 0 Å². The number of para-hydroxylation sites is 1. The van der Waals surface area contributed by atoms with Gasteiger partial charge >= 0.3 is 0 Å². The van der Waals surface area contributed by atoms with Gasteiger partial charge in [-0.05, 0) is 26.8 Å². The van der Waals surface area contributed by atoms with Crippen molar-refractivity contribution in [3.8, 4) is 6.07 Å². The zero-order chi connectivity index (χ0) is 13.7. The fourth-order valence-corrected chi connectivity index (χ4v) is 1.97. The van der Waals surface area contributed by atoms with Gasteiger partial charge in [0.1, 0.15) is 5.82 Å². The standard InChI is InChI=1S/C14H19FN2O/c1-10(2)17(9-5-8-16)14-12(11(3)18)6-4-7-13(14)15/h4,6-7,10-11,18H,5,9H2,1-3H3/t11-/m1/s1. The van der Waals surface area contributed by atoms with Gasteiger partial charge < -0.3 is 10.0 Å². The van der Waals surface area contributed by atoms with Crippen LogP contribution < -0.4 is 4.90 Å². The Hall–Kier alpha value is -1.60. The van der Waals surface area contributed by atoms with Crippen LogP contribution in [0.25, 0.3) is 0 Å². The molecular weight excluding hydrogens is 231 g/mol. The summed E-state index contributed by atoms with van der Waals surface area (Å²) in [7, 11) is 0. The molecule has 0 radical (unpaired) electrons. The van der Waals surface area contributed by atoms with E-state index < -0.39 is 6.10 Å². The summed E-state index contributed by atoms with van der Waals surface area (Å²) < 4.78 is 14.0. The average molecular weight is 250 g/mol. The SMILES string of the molecule is CC(C)N(CCC#N)c1c(F)cccc1[C@@H](C)O. The number of rotatable bonds is 5. The third-order valence-corrected chi connectivity index (χ3v) is 2.84. The van der Waals surface area contributed by atoms with Gasteiger partial charge in [-0.3, -0.25) is 0 Å². The summed E-state index contributed by atoms with van der Waals surface area (Å²) in [4.78, 5) is 1.82. The minimum atomic E-state index is -0.737. The predicted molar refractivity (Wildman–Crippen MR) is 69.7 cm³/mol. The summed E-state index contributed by atoms with van der Waals surface area (Å²) in [5.41, 5.74) is 0.958. The first-order valence-corrected chi connectivity index (χ1v) is 6.09. The summed E-state index contributed by atoms with van der Waals surface area (Å²) in [5, 5.41) is 18.4. The first kappa shape index (κ1) is 14.5. The molecule has 4 heteroatoms. The van der Waals surface area contributed by atoms with Crippen molar-refractivity contribution in [2.24, 2.45) is 0 Å². The van der Waals surface area contributed by atoms with Gasteiger partial charge in [-0.2, -0.15) is 5.26 Å². The van der Waals surface area contributed by atoms with E-state index in [0.717, 1.165) is 0 Å². The number of hydrogen-bond acceptors (Lipinski definition) is 3. The number of nitrogens with zero attached hydrogens (tertiary/aromatic N) is 2. The molecule has 1 N–H and O–H groups in total.